The van der Waals surface area contributed by atoms with Crippen LogP contribution in [0, 0.1) is 0 Å². The Morgan fingerprint density at radius 1 is 1.07 bits per heavy atom. The number of carbonyl (C=O) groups is 1. The van der Waals surface area contributed by atoms with Gasteiger partial charge in [0.2, 0.25) is 0 Å². The molecule has 0 saturated carbocycles. The van der Waals surface area contributed by atoms with Gasteiger partial charge in [0.25, 0.3) is 0 Å². The number of likely N-dealkylation sites (tertiary alicyclic amines) is 1. The van der Waals surface area contributed by atoms with Crippen molar-refractivity contribution < 1.29 is 24.1 Å². The van der Waals surface area contributed by atoms with Crippen LogP contribution in [0.5, 0.6) is 0 Å². The van der Waals surface area contributed by atoms with Gasteiger partial charge in [-0.25, -0.2) is 4.79 Å². The summed E-state index contributed by atoms with van der Waals surface area (Å²) >= 11 is 1.81. The minimum atomic E-state index is -1.05. The molecule has 170 valence electrons. The third-order valence-electron chi connectivity index (χ3n) is 5.26. The quantitative estimate of drug-likeness (QED) is 0.495. The molecule has 4 atom stereocenters. The SMILES string of the molecule is CCCCCCCCCSCC1C2OC(C)(C)OC2C(O)N1C(=O)OC(C)(C)C. The van der Waals surface area contributed by atoms with Gasteiger partial charge in [0.1, 0.15) is 17.8 Å². The van der Waals surface area contributed by atoms with Crippen LogP contribution in [0.15, 0.2) is 0 Å². The highest BCUT2D eigenvalue weighted by molar-refractivity contribution is 7.99. The summed E-state index contributed by atoms with van der Waals surface area (Å²) in [5, 5.41) is 10.8. The number of unbranched alkanes of at least 4 members (excludes halogenated alkanes) is 6. The normalized spacial score (nSPS) is 28.6. The molecule has 0 bridgehead atoms. The molecule has 0 aromatic carbocycles. The molecule has 0 aromatic rings. The summed E-state index contributed by atoms with van der Waals surface area (Å²) in [5.74, 6) is 0.995. The number of aliphatic hydroxyl groups excluding tert-OH is 1. The van der Waals surface area contributed by atoms with Crippen molar-refractivity contribution in [3.05, 3.63) is 0 Å². The predicted octanol–water partition coefficient (Wildman–Crippen LogP) is 4.93. The summed E-state index contributed by atoms with van der Waals surface area (Å²) in [6.45, 7) is 11.4. The van der Waals surface area contributed by atoms with Gasteiger partial charge in [0, 0.05) is 5.75 Å². The highest BCUT2D eigenvalue weighted by Gasteiger charge is 2.59. The zero-order valence-electron chi connectivity index (χ0n) is 19.1. The van der Waals surface area contributed by atoms with Crippen molar-refractivity contribution in [1.29, 1.82) is 0 Å². The Kier molecular flexibility index (Phi) is 9.13. The molecule has 0 spiro atoms. The molecule has 0 radical (unpaired) electrons. The highest BCUT2D eigenvalue weighted by atomic mass is 32.2. The standard InChI is InChI=1S/C22H41NO5S/c1-7-8-9-10-11-12-13-14-29-15-16-17-18(27-22(5,6)26-17)19(24)23(16)20(25)28-21(2,3)4/h16-19,24H,7-15H2,1-6H3. The van der Waals surface area contributed by atoms with E-state index in [1.54, 1.807) is 0 Å². The van der Waals surface area contributed by atoms with E-state index < -0.39 is 29.8 Å². The summed E-state index contributed by atoms with van der Waals surface area (Å²) < 4.78 is 17.5. The fourth-order valence-electron chi connectivity index (χ4n) is 3.96. The Morgan fingerprint density at radius 3 is 2.28 bits per heavy atom. The van der Waals surface area contributed by atoms with Crippen molar-refractivity contribution >= 4 is 17.9 Å². The molecule has 4 unspecified atom stereocenters. The second-order valence-electron chi connectivity index (χ2n) is 9.63. The molecule has 1 N–H and O–H groups in total. The number of ether oxygens (including phenoxy) is 3. The smallest absolute Gasteiger partial charge is 0.412 e. The predicted molar refractivity (Wildman–Crippen MR) is 117 cm³/mol. The molecule has 29 heavy (non-hydrogen) atoms. The Morgan fingerprint density at radius 2 is 1.66 bits per heavy atom. The second-order valence-corrected chi connectivity index (χ2v) is 10.8. The molecular weight excluding hydrogens is 390 g/mol. The topological polar surface area (TPSA) is 68.2 Å². The van der Waals surface area contributed by atoms with E-state index in [4.69, 9.17) is 14.2 Å². The minimum absolute atomic E-state index is 0.263. The van der Waals surface area contributed by atoms with E-state index >= 15 is 0 Å². The summed E-state index contributed by atoms with van der Waals surface area (Å²) in [6, 6.07) is -0.263. The van der Waals surface area contributed by atoms with Crippen LogP contribution in [0.25, 0.3) is 0 Å². The van der Waals surface area contributed by atoms with Gasteiger partial charge in [-0.05, 0) is 46.8 Å². The highest BCUT2D eigenvalue weighted by Crippen LogP contribution is 2.41. The van der Waals surface area contributed by atoms with Crippen LogP contribution < -0.4 is 0 Å². The first-order valence-corrected chi connectivity index (χ1v) is 12.3. The van der Waals surface area contributed by atoms with Crippen molar-refractivity contribution in [2.75, 3.05) is 11.5 Å². The number of hydrogen-bond donors (Lipinski definition) is 1. The maximum atomic E-state index is 12.8. The van der Waals surface area contributed by atoms with Crippen LogP contribution in [-0.2, 0) is 14.2 Å². The monoisotopic (exact) mass is 431 g/mol. The summed E-state index contributed by atoms with van der Waals surface area (Å²) in [5.41, 5.74) is -0.620. The molecular formula is C22H41NO5S. The lowest BCUT2D eigenvalue weighted by Gasteiger charge is -2.33. The van der Waals surface area contributed by atoms with Crippen molar-refractivity contribution in [3.63, 3.8) is 0 Å². The average Bonchev–Trinajstić information content (AvgIpc) is 3.03. The first-order valence-electron chi connectivity index (χ1n) is 11.2. The molecule has 7 heteroatoms. The Labute approximate surface area is 181 Å². The lowest BCUT2D eigenvalue weighted by atomic mass is 10.1. The number of fused-ring (bicyclic) bond motifs is 1. The van der Waals surface area contributed by atoms with Gasteiger partial charge >= 0.3 is 6.09 Å². The van der Waals surface area contributed by atoms with E-state index in [1.807, 2.05) is 46.4 Å². The van der Waals surface area contributed by atoms with Gasteiger partial charge < -0.3 is 19.3 Å². The molecule has 2 fully saturated rings. The van der Waals surface area contributed by atoms with Crippen LogP contribution in [0.4, 0.5) is 4.79 Å². The van der Waals surface area contributed by atoms with E-state index in [0.717, 1.165) is 5.75 Å². The molecule has 2 aliphatic heterocycles. The lowest BCUT2D eigenvalue weighted by Crippen LogP contribution is -2.49. The zero-order valence-corrected chi connectivity index (χ0v) is 19.9. The lowest BCUT2D eigenvalue weighted by molar-refractivity contribution is -0.182. The minimum Gasteiger partial charge on any atom is -0.444 e. The largest absolute Gasteiger partial charge is 0.444 e. The average molecular weight is 432 g/mol. The molecule has 2 saturated heterocycles. The van der Waals surface area contributed by atoms with Crippen molar-refractivity contribution in [3.8, 4) is 0 Å². The van der Waals surface area contributed by atoms with E-state index in [1.165, 1.54) is 49.8 Å². The zero-order chi connectivity index (χ0) is 21.7. The third kappa shape index (κ3) is 7.30. The molecule has 1 amide bonds. The van der Waals surface area contributed by atoms with E-state index in [-0.39, 0.29) is 12.1 Å². The van der Waals surface area contributed by atoms with Crippen LogP contribution in [0.3, 0.4) is 0 Å². The molecule has 2 aliphatic rings. The molecule has 2 heterocycles. The van der Waals surface area contributed by atoms with Crippen LogP contribution in [0.2, 0.25) is 0 Å². The van der Waals surface area contributed by atoms with Crippen molar-refractivity contribution in [2.24, 2.45) is 0 Å². The maximum Gasteiger partial charge on any atom is 0.412 e. The summed E-state index contributed by atoms with van der Waals surface area (Å²) in [6.07, 6.45) is 6.55. The Bertz CT molecular complexity index is 522. The van der Waals surface area contributed by atoms with Gasteiger partial charge in [0.15, 0.2) is 12.0 Å². The number of carbonyl (C=O) groups excluding carboxylic acids is 1. The van der Waals surface area contributed by atoms with E-state index in [2.05, 4.69) is 6.92 Å². The Hall–Kier alpha value is -0.500. The van der Waals surface area contributed by atoms with E-state index in [0.29, 0.717) is 5.75 Å². The van der Waals surface area contributed by atoms with Gasteiger partial charge in [-0.15, -0.1) is 0 Å². The number of amides is 1. The number of thioether (sulfide) groups is 1. The van der Waals surface area contributed by atoms with Gasteiger partial charge in [-0.1, -0.05) is 45.4 Å². The molecule has 0 aliphatic carbocycles. The number of nitrogens with zero attached hydrogens (tertiary/aromatic N) is 1. The fourth-order valence-corrected chi connectivity index (χ4v) is 5.12. The first kappa shape index (κ1) is 24.8. The third-order valence-corrected chi connectivity index (χ3v) is 6.42. The van der Waals surface area contributed by atoms with E-state index in [9.17, 15) is 9.90 Å². The Balaban J connectivity index is 1.87. The number of rotatable bonds is 10. The first-order chi connectivity index (χ1) is 13.6. The van der Waals surface area contributed by atoms with Gasteiger partial charge in [0.05, 0.1) is 6.04 Å². The maximum absolute atomic E-state index is 12.8. The fraction of sp³-hybridized carbons (Fsp3) is 0.955. The summed E-state index contributed by atoms with van der Waals surface area (Å²) in [4.78, 5) is 14.2. The summed E-state index contributed by atoms with van der Waals surface area (Å²) in [7, 11) is 0. The molecule has 6 nitrogen and oxygen atoms in total. The van der Waals surface area contributed by atoms with Crippen LogP contribution in [-0.4, -0.2) is 63.5 Å². The van der Waals surface area contributed by atoms with Crippen molar-refractivity contribution in [1.82, 2.24) is 4.90 Å². The second kappa shape index (κ2) is 10.7. The van der Waals surface area contributed by atoms with Gasteiger partial charge in [-0.3, -0.25) is 4.90 Å². The van der Waals surface area contributed by atoms with Crippen molar-refractivity contribution in [2.45, 2.75) is 122 Å². The number of aliphatic hydroxyl groups is 1. The van der Waals surface area contributed by atoms with Gasteiger partial charge in [-0.2, -0.15) is 11.8 Å². The molecule has 0 aromatic heterocycles. The number of hydrogen-bond acceptors (Lipinski definition) is 6. The van der Waals surface area contributed by atoms with Crippen LogP contribution >= 0.6 is 11.8 Å². The van der Waals surface area contributed by atoms with Crippen LogP contribution in [0.1, 0.15) is 86.5 Å². The molecule has 2 rings (SSSR count).